The van der Waals surface area contributed by atoms with E-state index in [2.05, 4.69) is 0 Å². The number of alkyl halides is 3. The lowest BCUT2D eigenvalue weighted by Crippen LogP contribution is -2.38. The third kappa shape index (κ3) is 2.66. The number of hydrogen-bond donors (Lipinski definition) is 1. The number of unbranched alkanes of at least 4 members (excludes halogenated alkanes) is 1. The highest BCUT2D eigenvalue weighted by Crippen LogP contribution is 2.41. The van der Waals surface area contributed by atoms with E-state index in [1.807, 2.05) is 6.92 Å². The van der Waals surface area contributed by atoms with Gasteiger partial charge < -0.3 is 5.11 Å². The first-order chi connectivity index (χ1) is 5.37. The van der Waals surface area contributed by atoms with Gasteiger partial charge in [-0.1, -0.05) is 19.8 Å². The minimum absolute atomic E-state index is 0.00347. The normalized spacial score (nSPS) is 17.5. The minimum Gasteiger partial charge on any atom is -0.395 e. The van der Waals surface area contributed by atoms with Crippen LogP contribution in [-0.4, -0.2) is 17.9 Å². The molecule has 1 nitrogen and oxygen atoms in total. The van der Waals surface area contributed by atoms with Gasteiger partial charge in [0.1, 0.15) is 0 Å². The summed E-state index contributed by atoms with van der Waals surface area (Å²) in [7, 11) is 0. The van der Waals surface area contributed by atoms with Gasteiger partial charge in [0, 0.05) is 0 Å². The number of hydrogen-bond acceptors (Lipinski definition) is 1. The van der Waals surface area contributed by atoms with E-state index in [1.165, 1.54) is 0 Å². The van der Waals surface area contributed by atoms with Crippen LogP contribution in [0.15, 0.2) is 0 Å². The molecule has 0 heterocycles. The maximum atomic E-state index is 12.3. The molecule has 0 saturated heterocycles. The Balaban J connectivity index is 4.24. The van der Waals surface area contributed by atoms with E-state index in [4.69, 9.17) is 5.11 Å². The Labute approximate surface area is 70.6 Å². The van der Waals surface area contributed by atoms with Gasteiger partial charge >= 0.3 is 6.18 Å². The maximum absolute atomic E-state index is 12.3. The van der Waals surface area contributed by atoms with Crippen LogP contribution in [0.1, 0.15) is 33.1 Å². The molecule has 4 heteroatoms. The maximum Gasteiger partial charge on any atom is 0.396 e. The molecule has 0 spiro atoms. The van der Waals surface area contributed by atoms with E-state index in [0.29, 0.717) is 12.8 Å². The Morgan fingerprint density at radius 3 is 2.00 bits per heavy atom. The molecule has 0 amide bonds. The van der Waals surface area contributed by atoms with E-state index < -0.39 is 18.2 Å². The predicted octanol–water partition coefficient (Wildman–Crippen LogP) is 2.74. The number of aliphatic hydroxyl groups is 1. The molecule has 74 valence electrons. The summed E-state index contributed by atoms with van der Waals surface area (Å²) in [5.41, 5.74) is -1.91. The van der Waals surface area contributed by atoms with Crippen molar-refractivity contribution in [3.63, 3.8) is 0 Å². The Bertz CT molecular complexity index is 133. The standard InChI is InChI=1S/C8H15F3O/c1-3-4-5-7(2,6-12)8(9,10)11/h12H,3-6H2,1-2H3. The second-order valence-corrected chi connectivity index (χ2v) is 3.32. The van der Waals surface area contributed by atoms with Crippen molar-refractivity contribution in [2.75, 3.05) is 6.61 Å². The van der Waals surface area contributed by atoms with E-state index in [0.717, 1.165) is 6.92 Å². The Hall–Kier alpha value is -0.250. The average Bonchev–Trinajstić information content (AvgIpc) is 1.98. The van der Waals surface area contributed by atoms with Crippen molar-refractivity contribution in [3.05, 3.63) is 0 Å². The van der Waals surface area contributed by atoms with Gasteiger partial charge in [-0.2, -0.15) is 13.2 Å². The SMILES string of the molecule is CCCCC(C)(CO)C(F)(F)F. The minimum atomic E-state index is -4.29. The molecule has 0 fully saturated rings. The van der Waals surface area contributed by atoms with E-state index in [9.17, 15) is 13.2 Å². The molecule has 0 rings (SSSR count). The number of halogens is 3. The topological polar surface area (TPSA) is 20.2 Å². The van der Waals surface area contributed by atoms with Crippen molar-refractivity contribution < 1.29 is 18.3 Å². The summed E-state index contributed by atoms with van der Waals surface area (Å²) >= 11 is 0. The first-order valence-electron chi connectivity index (χ1n) is 4.05. The molecule has 0 aliphatic carbocycles. The third-order valence-corrected chi connectivity index (χ3v) is 2.12. The van der Waals surface area contributed by atoms with E-state index >= 15 is 0 Å². The van der Waals surface area contributed by atoms with Gasteiger partial charge in [-0.15, -0.1) is 0 Å². The van der Waals surface area contributed by atoms with Crippen LogP contribution in [0.2, 0.25) is 0 Å². The summed E-state index contributed by atoms with van der Waals surface area (Å²) in [5, 5.41) is 8.63. The monoisotopic (exact) mass is 184 g/mol. The van der Waals surface area contributed by atoms with Gasteiger partial charge in [-0.3, -0.25) is 0 Å². The molecule has 0 aliphatic heterocycles. The van der Waals surface area contributed by atoms with Crippen LogP contribution in [0.3, 0.4) is 0 Å². The van der Waals surface area contributed by atoms with Gasteiger partial charge in [0.05, 0.1) is 12.0 Å². The lowest BCUT2D eigenvalue weighted by molar-refractivity contribution is -0.231. The third-order valence-electron chi connectivity index (χ3n) is 2.12. The summed E-state index contributed by atoms with van der Waals surface area (Å²) in [4.78, 5) is 0. The molecule has 0 bridgehead atoms. The average molecular weight is 184 g/mol. The van der Waals surface area contributed by atoms with Crippen LogP contribution in [0.25, 0.3) is 0 Å². The van der Waals surface area contributed by atoms with E-state index in [-0.39, 0.29) is 6.42 Å². The summed E-state index contributed by atoms with van der Waals surface area (Å²) in [6.45, 7) is 2.06. The molecule has 12 heavy (non-hydrogen) atoms. The zero-order valence-corrected chi connectivity index (χ0v) is 7.41. The molecule has 0 saturated carbocycles. The molecule has 0 radical (unpaired) electrons. The molecule has 0 aromatic rings. The van der Waals surface area contributed by atoms with E-state index in [1.54, 1.807) is 0 Å². The van der Waals surface area contributed by atoms with Crippen molar-refractivity contribution in [1.82, 2.24) is 0 Å². The second kappa shape index (κ2) is 4.12. The van der Waals surface area contributed by atoms with Gasteiger partial charge in [0.25, 0.3) is 0 Å². The Kier molecular flexibility index (Phi) is 4.03. The molecule has 0 aromatic heterocycles. The van der Waals surface area contributed by atoms with Crippen molar-refractivity contribution >= 4 is 0 Å². The van der Waals surface area contributed by atoms with Crippen molar-refractivity contribution in [2.45, 2.75) is 39.3 Å². The second-order valence-electron chi connectivity index (χ2n) is 3.32. The lowest BCUT2D eigenvalue weighted by atomic mass is 9.85. The first kappa shape index (κ1) is 11.8. The van der Waals surface area contributed by atoms with Crippen LogP contribution < -0.4 is 0 Å². The lowest BCUT2D eigenvalue weighted by Gasteiger charge is -2.29. The molecular weight excluding hydrogens is 169 g/mol. The zero-order chi connectivity index (χ0) is 9.83. The van der Waals surface area contributed by atoms with Crippen LogP contribution in [0.5, 0.6) is 0 Å². The van der Waals surface area contributed by atoms with Gasteiger partial charge in [0.15, 0.2) is 0 Å². The van der Waals surface area contributed by atoms with Crippen molar-refractivity contribution in [3.8, 4) is 0 Å². The highest BCUT2D eigenvalue weighted by Gasteiger charge is 2.49. The zero-order valence-electron chi connectivity index (χ0n) is 7.41. The molecular formula is C8H15F3O. The number of rotatable bonds is 4. The molecule has 0 aromatic carbocycles. The fourth-order valence-electron chi connectivity index (χ4n) is 0.877. The largest absolute Gasteiger partial charge is 0.396 e. The summed E-state index contributed by atoms with van der Waals surface area (Å²) in [6, 6.07) is 0. The quantitative estimate of drug-likeness (QED) is 0.712. The fourth-order valence-corrected chi connectivity index (χ4v) is 0.877. The highest BCUT2D eigenvalue weighted by molar-refractivity contribution is 4.80. The van der Waals surface area contributed by atoms with Gasteiger partial charge in [-0.25, -0.2) is 0 Å². The van der Waals surface area contributed by atoms with Crippen LogP contribution in [-0.2, 0) is 0 Å². The molecule has 1 unspecified atom stereocenters. The molecule has 1 atom stereocenters. The molecule has 1 N–H and O–H groups in total. The van der Waals surface area contributed by atoms with Crippen LogP contribution in [0.4, 0.5) is 13.2 Å². The predicted molar refractivity (Wildman–Crippen MR) is 40.8 cm³/mol. The molecule has 0 aliphatic rings. The van der Waals surface area contributed by atoms with Crippen LogP contribution >= 0.6 is 0 Å². The Morgan fingerprint density at radius 2 is 1.75 bits per heavy atom. The van der Waals surface area contributed by atoms with Gasteiger partial charge in [-0.05, 0) is 13.3 Å². The smallest absolute Gasteiger partial charge is 0.395 e. The number of aliphatic hydroxyl groups excluding tert-OH is 1. The van der Waals surface area contributed by atoms with Crippen LogP contribution in [0, 0.1) is 5.41 Å². The highest BCUT2D eigenvalue weighted by atomic mass is 19.4. The van der Waals surface area contributed by atoms with Crippen molar-refractivity contribution in [2.24, 2.45) is 5.41 Å². The summed E-state index contributed by atoms with van der Waals surface area (Å²) in [6.07, 6.45) is -3.08. The Morgan fingerprint density at radius 1 is 1.25 bits per heavy atom. The summed E-state index contributed by atoms with van der Waals surface area (Å²) in [5.74, 6) is 0. The fraction of sp³-hybridized carbons (Fsp3) is 1.00. The van der Waals surface area contributed by atoms with Crippen molar-refractivity contribution in [1.29, 1.82) is 0 Å². The summed E-state index contributed by atoms with van der Waals surface area (Å²) < 4.78 is 36.8. The van der Waals surface area contributed by atoms with Gasteiger partial charge in [0.2, 0.25) is 0 Å². The first-order valence-corrected chi connectivity index (χ1v) is 4.05.